The third kappa shape index (κ3) is 96.9. The number of carboxylic acid groups (broad SMARTS) is 2. The summed E-state index contributed by atoms with van der Waals surface area (Å²) in [5.41, 5.74) is 12.1. The lowest BCUT2D eigenvalue weighted by atomic mass is 9.94. The zero-order valence-electron chi connectivity index (χ0n) is 75.3. The largest absolute Gasteiger partial charge is 0.506 e. The average molecular weight is 1630 g/mol. The summed E-state index contributed by atoms with van der Waals surface area (Å²) in [5, 5.41) is 74.3. The van der Waals surface area contributed by atoms with Crippen LogP contribution in [0.3, 0.4) is 0 Å². The Bertz CT molecular complexity index is 2360. The Morgan fingerprint density at radius 3 is 1.05 bits per heavy atom. The Morgan fingerprint density at radius 1 is 0.426 bits per heavy atom. The van der Waals surface area contributed by atoms with Crippen LogP contribution in [0.15, 0.2) is 36.4 Å². The summed E-state index contributed by atoms with van der Waals surface area (Å²) in [5.74, 6) is -0.823. The van der Waals surface area contributed by atoms with Crippen LogP contribution >= 0.6 is 0 Å². The maximum Gasteiger partial charge on any atom is 0.305 e. The fourth-order valence-corrected chi connectivity index (χ4v) is 12.7. The highest BCUT2D eigenvalue weighted by Crippen LogP contribution is 2.31. The number of methoxy groups -OCH3 is 1. The molecule has 0 aromatic heterocycles. The lowest BCUT2D eigenvalue weighted by Gasteiger charge is -2.16. The number of nitrogens with two attached hydrogens (primary N) is 2. The molecule has 2 rings (SSSR count). The number of hydroxylamine groups is 2. The number of carbonyl (C=O) groups excluding carboxylic acids is 4. The number of anilines is 1. The molecule has 12 N–H and O–H groups in total. The van der Waals surface area contributed by atoms with E-state index in [1.807, 2.05) is 0 Å². The molecule has 0 aliphatic carbocycles. The summed E-state index contributed by atoms with van der Waals surface area (Å²) >= 11 is 0. The van der Waals surface area contributed by atoms with Crippen LogP contribution in [0.1, 0.15) is 463 Å². The van der Waals surface area contributed by atoms with Gasteiger partial charge in [0.2, 0.25) is 12.3 Å². The second-order valence-electron chi connectivity index (χ2n) is 31.2. The Hall–Kier alpha value is -5.85. The number of aromatic hydroxyl groups is 3. The highest BCUT2D eigenvalue weighted by Gasteiger charge is 2.14. The van der Waals surface area contributed by atoms with Crippen molar-refractivity contribution in [1.82, 2.24) is 5.06 Å². The minimum absolute atomic E-state index is 0.0109. The van der Waals surface area contributed by atoms with Crippen molar-refractivity contribution < 1.29 is 74.1 Å². The van der Waals surface area contributed by atoms with Gasteiger partial charge in [-0.2, -0.15) is 0 Å². The lowest BCUT2D eigenvalue weighted by molar-refractivity contribution is -0.168. The Kier molecular flexibility index (Phi) is 103. The van der Waals surface area contributed by atoms with E-state index in [-0.39, 0.29) is 35.7 Å². The molecule has 674 valence electrons. The van der Waals surface area contributed by atoms with Crippen molar-refractivity contribution in [1.29, 1.82) is 5.26 Å². The molecule has 1 unspecified atom stereocenters. The first-order valence-electron chi connectivity index (χ1n) is 45.9. The molecular formula is C95H179N5O15. The van der Waals surface area contributed by atoms with Gasteiger partial charge in [0, 0.05) is 52.3 Å². The van der Waals surface area contributed by atoms with Gasteiger partial charge in [-0.1, -0.05) is 362 Å². The molecule has 0 saturated heterocycles. The van der Waals surface area contributed by atoms with Crippen LogP contribution in [0.4, 0.5) is 5.69 Å². The lowest BCUT2D eigenvalue weighted by Crippen LogP contribution is -2.24. The van der Waals surface area contributed by atoms with E-state index in [9.17, 15) is 44.1 Å². The standard InChI is InChI=1S/C23H39NO3.C14H29NO2.C13H26O2.C13H26O.C12H24O2.C11H23NO2.C8H11NO3.CHN/c1-3-4-5-6-7-8-9-10-11-12-19(2)13-15-22(26)20-14-16-23(27)21(17-20)24-18-25;1-4-5-6-7-8-9-10-11-12-13-14(16)15(2)17-3;1-3-4-5-6-7-8-9-10-11-12-13(14)15-2;1-3-4-5-6-7-8-9-10-11-12-13(2)14;1-2-3-4-5-6-7-8-9-10-11-12(13)14;12-10-8-6-4-2-1-3-5-7-9-11(13)14;9-4-8(12)5-1-2-6(10)7(11)3-5;1-2/h14,16-19,22,26-27H,3-13,15H2,1-2H3,(H,24,25);4-13H2,1-3H3;3-12H2,1-2H3;3-12H2,1-2H3;2-11H2,1H3,(H,13,14);1-10,12H2,(H,13,14);1-3,8,10-12H,4,9H2;1H/t19?,22-;;;;;;8-;/m0.....0./s1. The molecule has 2 aromatic rings. The minimum Gasteiger partial charge on any atom is -0.506 e. The number of ketones is 1. The van der Waals surface area contributed by atoms with Gasteiger partial charge in [0.15, 0.2) is 11.5 Å². The van der Waals surface area contributed by atoms with E-state index < -0.39 is 24.1 Å². The molecule has 0 bridgehead atoms. The molecular weight excluding hydrogens is 1450 g/mol. The van der Waals surface area contributed by atoms with Gasteiger partial charge in [-0.3, -0.25) is 28.8 Å². The SMILES string of the molecule is C#N.CCCCCCCCCCCC(=O)N(C)OC.CCCCCCCCCCCC(=O)O.CCCCCCCCCCCC(=O)OC.CCCCCCCCCCCC(C)=O.CCCCCCCCCCCC(C)CC[C@H](O)c1ccc(O)c(NC=O)c1.NCCCCCCCCCCC(=O)O.NC[C@H](O)c1ccc(O)c(O)c1. The minimum atomic E-state index is -0.795. The predicted octanol–water partition coefficient (Wildman–Crippen LogP) is 25.6. The van der Waals surface area contributed by atoms with Crippen LogP contribution in [0, 0.1) is 17.8 Å². The molecule has 0 aliphatic heterocycles. The number of nitrogens with zero attached hydrogens (tertiary/aromatic N) is 2. The number of carbonyl (C=O) groups is 6. The summed E-state index contributed by atoms with van der Waals surface area (Å²) in [6.45, 7) is 19.6. The summed E-state index contributed by atoms with van der Waals surface area (Å²) in [7, 11) is 4.64. The highest BCUT2D eigenvalue weighted by atomic mass is 16.7. The number of aliphatic hydroxyl groups is 2. The number of benzene rings is 2. The number of aliphatic carboxylic acids is 2. The first kappa shape index (κ1) is 120. The van der Waals surface area contributed by atoms with Gasteiger partial charge >= 0.3 is 17.9 Å². The summed E-state index contributed by atoms with van der Waals surface area (Å²) < 4.78 is 4.58. The van der Waals surface area contributed by atoms with E-state index in [0.29, 0.717) is 61.5 Å². The molecule has 0 aliphatic rings. The quantitative estimate of drug-likeness (QED) is 0.00967. The number of hydrogen-bond acceptors (Lipinski definition) is 16. The number of hydrogen-bond donors (Lipinski definition) is 10. The van der Waals surface area contributed by atoms with E-state index in [4.69, 9.17) is 42.0 Å². The van der Waals surface area contributed by atoms with Crippen molar-refractivity contribution >= 4 is 41.7 Å². The number of aliphatic hydroxyl groups excluding tert-OH is 2. The highest BCUT2D eigenvalue weighted by molar-refractivity contribution is 5.76. The third-order valence-electron chi connectivity index (χ3n) is 20.3. The van der Waals surface area contributed by atoms with Crippen molar-refractivity contribution in [3.63, 3.8) is 0 Å². The molecule has 20 nitrogen and oxygen atoms in total. The van der Waals surface area contributed by atoms with Crippen molar-refractivity contribution in [2.75, 3.05) is 39.7 Å². The monoisotopic (exact) mass is 1630 g/mol. The van der Waals surface area contributed by atoms with E-state index in [1.54, 1.807) is 26.1 Å². The van der Waals surface area contributed by atoms with Crippen LogP contribution < -0.4 is 16.8 Å². The van der Waals surface area contributed by atoms with Crippen LogP contribution in [0.2, 0.25) is 0 Å². The predicted molar refractivity (Wildman–Crippen MR) is 479 cm³/mol. The van der Waals surface area contributed by atoms with Gasteiger partial charge in [0.25, 0.3) is 0 Å². The molecule has 115 heavy (non-hydrogen) atoms. The maximum atomic E-state index is 11.4. The first-order chi connectivity index (χ1) is 55.6. The number of esters is 1. The van der Waals surface area contributed by atoms with Crippen molar-refractivity contribution in [2.45, 2.75) is 452 Å². The Balaban J connectivity index is -0.000000306. The zero-order valence-corrected chi connectivity index (χ0v) is 75.3. The summed E-state index contributed by atoms with van der Waals surface area (Å²) in [4.78, 5) is 68.6. The Morgan fingerprint density at radius 2 is 0.739 bits per heavy atom. The van der Waals surface area contributed by atoms with E-state index >= 15 is 0 Å². The van der Waals surface area contributed by atoms with Crippen LogP contribution in [-0.4, -0.2) is 111 Å². The van der Waals surface area contributed by atoms with Gasteiger partial charge in [0.1, 0.15) is 11.5 Å². The second-order valence-corrected chi connectivity index (χ2v) is 31.2. The number of nitrogens with one attached hydrogen (secondary N) is 1. The smallest absolute Gasteiger partial charge is 0.305 e. The van der Waals surface area contributed by atoms with Gasteiger partial charge in [-0.15, -0.1) is 0 Å². The molecule has 0 spiro atoms. The molecule has 2 amide bonds. The summed E-state index contributed by atoms with van der Waals surface area (Å²) in [6, 6.07) is 8.96. The number of phenols is 3. The molecule has 0 fully saturated rings. The summed E-state index contributed by atoms with van der Waals surface area (Å²) in [6.07, 6.45) is 72.3. The fourth-order valence-electron chi connectivity index (χ4n) is 12.7. The molecule has 0 radical (unpaired) electrons. The zero-order chi connectivity index (χ0) is 87.3. The third-order valence-corrected chi connectivity index (χ3v) is 20.3. The van der Waals surface area contributed by atoms with Crippen LogP contribution in [0.5, 0.6) is 17.2 Å². The van der Waals surface area contributed by atoms with Gasteiger partial charge in [-0.05, 0) is 106 Å². The first-order valence-corrected chi connectivity index (χ1v) is 45.9. The number of ether oxygens (including phenoxy) is 1. The number of unbranched alkanes of at least 4 members (excludes halogenated alkanes) is 47. The number of Topliss-reactive ketones (excluding diaryl/α,β-unsaturated/α-hetero) is 1. The Labute approximate surface area is 703 Å². The van der Waals surface area contributed by atoms with Crippen molar-refractivity contribution in [3.8, 4) is 23.8 Å². The number of rotatable bonds is 69. The molecule has 3 atom stereocenters. The average Bonchev–Trinajstić information content (AvgIpc) is 0.862. The number of carboxylic acids is 2. The maximum absolute atomic E-state index is 11.4. The van der Waals surface area contributed by atoms with Gasteiger partial charge in [0.05, 0.1) is 32.1 Å². The molecule has 20 heteroatoms. The topological polar surface area (TPSA) is 354 Å². The molecule has 0 saturated carbocycles. The van der Waals surface area contributed by atoms with E-state index in [1.165, 1.54) is 332 Å². The van der Waals surface area contributed by atoms with E-state index in [0.717, 1.165) is 82.7 Å². The second kappa shape index (κ2) is 98.7. The number of nitriles is 1. The van der Waals surface area contributed by atoms with Crippen LogP contribution in [0.25, 0.3) is 0 Å². The van der Waals surface area contributed by atoms with Gasteiger partial charge < -0.3 is 62.1 Å². The molecule has 2 aromatic carbocycles. The fraction of sp³-hybridized carbons (Fsp3) is 0.800. The van der Waals surface area contributed by atoms with E-state index in [2.05, 4.69) is 58.2 Å². The number of amides is 2. The van der Waals surface area contributed by atoms with Gasteiger partial charge in [-0.25, -0.2) is 10.3 Å². The normalized spacial score (nSPS) is 11.2. The van der Waals surface area contributed by atoms with Crippen molar-refractivity contribution in [3.05, 3.63) is 47.5 Å². The molecule has 0 heterocycles. The van der Waals surface area contributed by atoms with Crippen LogP contribution in [-0.2, 0) is 38.3 Å². The number of phenolic OH excluding ortho intramolecular Hbond substituents is 3. The van der Waals surface area contributed by atoms with Crippen molar-refractivity contribution in [2.24, 2.45) is 17.4 Å².